The van der Waals surface area contributed by atoms with Gasteiger partial charge in [0, 0.05) is 17.0 Å². The van der Waals surface area contributed by atoms with Gasteiger partial charge in [-0.25, -0.2) is 0 Å². The Morgan fingerprint density at radius 2 is 1.33 bits per heavy atom. The molecular formula is C45H39N. The van der Waals surface area contributed by atoms with Gasteiger partial charge in [-0.05, 0) is 106 Å². The molecule has 7 rings (SSSR count). The van der Waals surface area contributed by atoms with E-state index in [1.54, 1.807) is 0 Å². The van der Waals surface area contributed by atoms with Crippen LogP contribution in [-0.2, 0) is 0 Å². The van der Waals surface area contributed by atoms with E-state index in [9.17, 15) is 0 Å². The zero-order chi connectivity index (χ0) is 31.6. The van der Waals surface area contributed by atoms with Gasteiger partial charge in [0.05, 0.1) is 11.0 Å². The van der Waals surface area contributed by atoms with Gasteiger partial charge < -0.3 is 4.57 Å². The molecule has 0 amide bonds. The summed E-state index contributed by atoms with van der Waals surface area (Å²) in [7, 11) is 0. The van der Waals surface area contributed by atoms with Crippen molar-refractivity contribution in [3.63, 3.8) is 0 Å². The smallest absolute Gasteiger partial charge is 0.0535 e. The van der Waals surface area contributed by atoms with Crippen LogP contribution in [0.3, 0.4) is 0 Å². The van der Waals surface area contributed by atoms with E-state index in [0.29, 0.717) is 0 Å². The molecule has 0 atom stereocenters. The lowest BCUT2D eigenvalue weighted by atomic mass is 9.83. The quantitative estimate of drug-likeness (QED) is 0.154. The van der Waals surface area contributed by atoms with Gasteiger partial charge in [-0.3, -0.25) is 0 Å². The molecule has 46 heavy (non-hydrogen) atoms. The van der Waals surface area contributed by atoms with Gasteiger partial charge in [-0.2, -0.15) is 0 Å². The fourth-order valence-electron chi connectivity index (χ4n) is 7.08. The third kappa shape index (κ3) is 5.18. The van der Waals surface area contributed by atoms with Crippen LogP contribution in [0.15, 0.2) is 146 Å². The van der Waals surface area contributed by atoms with Gasteiger partial charge >= 0.3 is 0 Å². The monoisotopic (exact) mass is 593 g/mol. The van der Waals surface area contributed by atoms with Gasteiger partial charge in [0.25, 0.3) is 0 Å². The van der Waals surface area contributed by atoms with Crippen molar-refractivity contribution in [2.24, 2.45) is 0 Å². The normalized spacial score (nSPS) is 12.5. The molecular weight excluding hydrogens is 555 g/mol. The van der Waals surface area contributed by atoms with E-state index < -0.39 is 0 Å². The maximum Gasteiger partial charge on any atom is 0.0535 e. The van der Waals surface area contributed by atoms with Crippen molar-refractivity contribution >= 4 is 55.6 Å². The average molecular weight is 594 g/mol. The molecule has 0 radical (unpaired) electrons. The second-order valence-corrected chi connectivity index (χ2v) is 12.2. The van der Waals surface area contributed by atoms with Crippen LogP contribution in [0.25, 0.3) is 77.9 Å². The van der Waals surface area contributed by atoms with Crippen molar-refractivity contribution in [1.82, 2.24) is 4.57 Å². The van der Waals surface area contributed by atoms with Crippen molar-refractivity contribution in [3.05, 3.63) is 157 Å². The molecule has 0 saturated heterocycles. The number of hydrogen-bond donors (Lipinski definition) is 0. The first-order valence-corrected chi connectivity index (χ1v) is 16.3. The summed E-state index contributed by atoms with van der Waals surface area (Å²) in [5, 5.41) is 7.54. The van der Waals surface area contributed by atoms with Gasteiger partial charge in [0.2, 0.25) is 0 Å². The molecule has 0 unspecified atom stereocenters. The molecule has 0 N–H and O–H groups in total. The molecule has 1 heteroatoms. The minimum atomic E-state index is 1.12. The van der Waals surface area contributed by atoms with Gasteiger partial charge in [0.15, 0.2) is 0 Å². The zero-order valence-corrected chi connectivity index (χ0v) is 26.9. The van der Waals surface area contributed by atoms with Crippen LogP contribution in [0.5, 0.6) is 0 Å². The zero-order valence-electron chi connectivity index (χ0n) is 26.9. The molecule has 0 fully saturated rings. The summed E-state index contributed by atoms with van der Waals surface area (Å²) in [4.78, 5) is 0. The molecule has 0 saturated carbocycles. The minimum Gasteiger partial charge on any atom is -0.316 e. The van der Waals surface area contributed by atoms with Crippen LogP contribution in [0.2, 0.25) is 0 Å². The number of nitrogens with zero attached hydrogens (tertiary/aromatic N) is 1. The highest BCUT2D eigenvalue weighted by molar-refractivity contribution is 6.14. The lowest BCUT2D eigenvalue weighted by Gasteiger charge is -2.20. The third-order valence-corrected chi connectivity index (χ3v) is 9.21. The van der Waals surface area contributed by atoms with Crippen LogP contribution in [0, 0.1) is 6.92 Å². The minimum absolute atomic E-state index is 1.12. The van der Waals surface area contributed by atoms with Gasteiger partial charge in [-0.1, -0.05) is 135 Å². The summed E-state index contributed by atoms with van der Waals surface area (Å²) in [6.45, 7) is 10.7. The fourth-order valence-corrected chi connectivity index (χ4v) is 7.08. The molecule has 0 aliphatic carbocycles. The third-order valence-electron chi connectivity index (χ3n) is 9.21. The van der Waals surface area contributed by atoms with E-state index in [-0.39, 0.29) is 0 Å². The molecule has 0 spiro atoms. The van der Waals surface area contributed by atoms with Gasteiger partial charge in [0.1, 0.15) is 0 Å². The first kappa shape index (κ1) is 29.3. The van der Waals surface area contributed by atoms with Crippen LogP contribution in [0.1, 0.15) is 37.8 Å². The lowest BCUT2D eigenvalue weighted by Crippen LogP contribution is -1.96. The molecule has 1 nitrogen and oxygen atoms in total. The van der Waals surface area contributed by atoms with Crippen LogP contribution >= 0.6 is 0 Å². The fraction of sp³-hybridized carbons (Fsp3) is 0.111. The summed E-state index contributed by atoms with van der Waals surface area (Å²) < 4.78 is 2.33. The first-order valence-electron chi connectivity index (χ1n) is 16.3. The first-order chi connectivity index (χ1) is 22.6. The Hall–Kier alpha value is -5.40. The molecule has 7 aromatic rings. The van der Waals surface area contributed by atoms with Crippen LogP contribution < -0.4 is 0 Å². The predicted molar refractivity (Wildman–Crippen MR) is 203 cm³/mol. The Kier molecular flexibility index (Phi) is 7.99. The Morgan fingerprint density at radius 1 is 0.674 bits per heavy atom. The maximum atomic E-state index is 4.01. The number of fused-ring (bicyclic) bond motifs is 5. The van der Waals surface area contributed by atoms with Crippen LogP contribution in [-0.4, -0.2) is 4.57 Å². The van der Waals surface area contributed by atoms with Crippen molar-refractivity contribution in [2.45, 2.75) is 33.6 Å². The maximum absolute atomic E-state index is 4.01. The molecule has 1 heterocycles. The Balaban J connectivity index is 1.48. The van der Waals surface area contributed by atoms with E-state index >= 15 is 0 Å². The second-order valence-electron chi connectivity index (χ2n) is 12.2. The summed E-state index contributed by atoms with van der Waals surface area (Å²) in [6.07, 6.45) is 15.1. The van der Waals surface area contributed by atoms with E-state index in [2.05, 4.69) is 172 Å². The largest absolute Gasteiger partial charge is 0.316 e. The Labute approximate surface area is 272 Å². The highest BCUT2D eigenvalue weighted by atomic mass is 14.9. The SMILES string of the molecule is C=C/C=C\c1c(C)c(-c2ccc3ccccc3c2)c2ccccc2c1-c1ccc2c(c1)c1ccccc1n2/C=C/C=C(/C)CCC. The molecule has 1 aromatic heterocycles. The molecule has 0 bridgehead atoms. The summed E-state index contributed by atoms with van der Waals surface area (Å²) in [5.74, 6) is 0. The predicted octanol–water partition coefficient (Wildman–Crippen LogP) is 13.2. The number of rotatable bonds is 8. The standard InChI is InChI=1S/C45H39N/c1-5-7-19-37-32(4)44(35-25-24-33-17-8-9-18-34(33)29-35)39-21-10-11-22-40(39)45(37)36-26-27-43-41(30-36)38-20-12-13-23-42(38)46(43)28-14-16-31(3)15-6-2/h5,7-14,16-30H,1,6,15H2,2-4H3/b19-7-,28-14+,31-16-. The summed E-state index contributed by atoms with van der Waals surface area (Å²) in [5.41, 5.74) is 11.3. The number of hydrogen-bond acceptors (Lipinski definition) is 0. The van der Waals surface area contributed by atoms with E-state index in [4.69, 9.17) is 0 Å². The number of benzene rings is 6. The van der Waals surface area contributed by atoms with E-state index in [0.717, 1.165) is 12.8 Å². The summed E-state index contributed by atoms with van der Waals surface area (Å²) in [6, 6.07) is 40.0. The molecule has 0 aliphatic heterocycles. The highest BCUT2D eigenvalue weighted by Crippen LogP contribution is 2.44. The number of para-hydroxylation sites is 1. The number of aromatic nitrogens is 1. The Morgan fingerprint density at radius 3 is 2.11 bits per heavy atom. The lowest BCUT2D eigenvalue weighted by molar-refractivity contribution is 0.906. The average Bonchev–Trinajstić information content (AvgIpc) is 3.40. The Bertz CT molecular complexity index is 2360. The molecule has 0 aliphatic rings. The van der Waals surface area contributed by atoms with Crippen molar-refractivity contribution in [3.8, 4) is 22.3 Å². The molecule has 6 aromatic carbocycles. The van der Waals surface area contributed by atoms with Gasteiger partial charge in [-0.15, -0.1) is 0 Å². The van der Waals surface area contributed by atoms with Crippen LogP contribution in [0.4, 0.5) is 0 Å². The topological polar surface area (TPSA) is 4.93 Å². The van der Waals surface area contributed by atoms with Crippen molar-refractivity contribution < 1.29 is 0 Å². The van der Waals surface area contributed by atoms with Crippen molar-refractivity contribution in [2.75, 3.05) is 0 Å². The van der Waals surface area contributed by atoms with E-state index in [1.165, 1.54) is 82.3 Å². The number of allylic oxidation sites excluding steroid dienone is 5. The van der Waals surface area contributed by atoms with Crippen molar-refractivity contribution in [1.29, 1.82) is 0 Å². The second kappa shape index (κ2) is 12.5. The van der Waals surface area contributed by atoms with E-state index in [1.807, 2.05) is 6.08 Å². The summed E-state index contributed by atoms with van der Waals surface area (Å²) >= 11 is 0. The molecule has 224 valence electrons. The highest BCUT2D eigenvalue weighted by Gasteiger charge is 2.19.